The van der Waals surface area contributed by atoms with Gasteiger partial charge in [-0.05, 0) is 56.4 Å². The third-order valence-corrected chi connectivity index (χ3v) is 5.23. The van der Waals surface area contributed by atoms with Gasteiger partial charge >= 0.3 is 58.1 Å². The first kappa shape index (κ1) is 52.1. The molecule has 0 spiro atoms. The average Bonchev–Trinajstić information content (AvgIpc) is 2.86. The second-order valence-corrected chi connectivity index (χ2v) is 9.67. The topological polar surface area (TPSA) is 283 Å². The van der Waals surface area contributed by atoms with Crippen LogP contribution >= 0.6 is 31.9 Å². The first-order valence-corrected chi connectivity index (χ1v) is 12.8. The summed E-state index contributed by atoms with van der Waals surface area (Å²) in [7, 11) is 3.77. The van der Waals surface area contributed by atoms with Crippen LogP contribution in [0.4, 0.5) is 0 Å². The molecular weight excluding hydrogens is 934 g/mol. The van der Waals surface area contributed by atoms with Crippen molar-refractivity contribution in [3.63, 3.8) is 0 Å². The largest absolute Gasteiger partial charge is 3.00 e. The Bertz CT molecular complexity index is 1160. The van der Waals surface area contributed by atoms with Gasteiger partial charge in [-0.2, -0.15) is 5.26 Å². The zero-order valence-corrected chi connectivity index (χ0v) is 32.5. The second kappa shape index (κ2) is 30.2. The summed E-state index contributed by atoms with van der Waals surface area (Å²) in [5.41, 5.74) is 1.37. The van der Waals surface area contributed by atoms with E-state index < -0.39 is 16.1 Å². The van der Waals surface area contributed by atoms with Crippen LogP contribution in [0.1, 0.15) is 45.7 Å². The van der Waals surface area contributed by atoms with Crippen molar-refractivity contribution in [2.45, 2.75) is 26.9 Å². The molecule has 0 amide bonds. The third-order valence-electron chi connectivity index (χ3n) is 4.32. The molecule has 0 atom stereocenters. The number of carboxylic acid groups (broad SMARTS) is 1. The normalized spacial score (nSPS) is 8.78. The molecule has 0 aromatic heterocycles. The molecule has 0 aliphatic rings. The van der Waals surface area contributed by atoms with Gasteiger partial charge in [-0.15, -0.1) is 0 Å². The molecule has 2 rings (SSSR count). The van der Waals surface area contributed by atoms with Crippen molar-refractivity contribution in [1.29, 1.82) is 5.26 Å². The number of carboxylic acids is 1. The molecule has 0 saturated carbocycles. The number of carbonyl (C=O) groups excluding carboxylic acids is 3. The van der Waals surface area contributed by atoms with E-state index in [2.05, 4.69) is 31.9 Å². The Balaban J connectivity index is -0.000000263. The summed E-state index contributed by atoms with van der Waals surface area (Å²) >= 11 is 6.64. The Morgan fingerprint density at radius 3 is 1.27 bits per heavy atom. The first-order valence-electron chi connectivity index (χ1n) is 11.2. The number of hydrogen-bond acceptors (Lipinski definition) is 15. The van der Waals surface area contributed by atoms with Gasteiger partial charge in [0.25, 0.3) is 0 Å². The van der Waals surface area contributed by atoms with E-state index >= 15 is 0 Å². The average molecular weight is 961 g/mol. The Hall–Kier alpha value is -2.47. The van der Waals surface area contributed by atoms with E-state index in [0.29, 0.717) is 58.8 Å². The summed E-state index contributed by atoms with van der Waals surface area (Å²) in [5, 5.41) is 70.2. The zero-order chi connectivity index (χ0) is 34.3. The summed E-state index contributed by atoms with van der Waals surface area (Å²) in [5.74, 6) is -1.60. The maximum absolute atomic E-state index is 12.2. The van der Waals surface area contributed by atoms with Crippen molar-refractivity contribution >= 4 is 50.4 Å². The van der Waals surface area contributed by atoms with Crippen LogP contribution in [0.25, 0.3) is 0 Å². The molecule has 244 valence electrons. The number of nitrogens with zero attached hydrogens (tertiary/aromatic N) is 5. The molecule has 0 saturated heterocycles. The minimum Gasteiger partial charge on any atom is -0.872 e. The summed E-state index contributed by atoms with van der Waals surface area (Å²) < 4.78 is 1.39. The van der Waals surface area contributed by atoms with Crippen molar-refractivity contribution in [1.82, 2.24) is 9.80 Å². The van der Waals surface area contributed by atoms with Gasteiger partial charge in [0.15, 0.2) is 0 Å². The van der Waals surface area contributed by atoms with E-state index in [0.717, 1.165) is 6.92 Å². The smallest absolute Gasteiger partial charge is 0.872 e. The monoisotopic (exact) mass is 957 g/mol. The van der Waals surface area contributed by atoms with Crippen LogP contribution in [0.15, 0.2) is 33.2 Å². The van der Waals surface area contributed by atoms with Crippen LogP contribution in [0.3, 0.4) is 0 Å². The number of aliphatic carboxylic acids is 1. The van der Waals surface area contributed by atoms with Gasteiger partial charge in [-0.3, -0.25) is 9.59 Å². The predicted octanol–water partition coefficient (Wildman–Crippen LogP) is 1.35. The molecule has 17 nitrogen and oxygen atoms in total. The zero-order valence-electron chi connectivity index (χ0n) is 24.2. The minimum absolute atomic E-state index is 0. The Labute approximate surface area is 318 Å². The Morgan fingerprint density at radius 1 is 0.844 bits per heavy atom. The maximum atomic E-state index is 12.2. The van der Waals surface area contributed by atoms with Crippen LogP contribution in [0.2, 0.25) is 0 Å². The van der Waals surface area contributed by atoms with Crippen molar-refractivity contribution in [2.75, 3.05) is 27.2 Å². The molecule has 0 aliphatic heterocycles. The van der Waals surface area contributed by atoms with E-state index in [9.17, 15) is 19.8 Å². The molecule has 2 aromatic rings. The van der Waals surface area contributed by atoms with E-state index in [1.165, 1.54) is 19.1 Å². The fourth-order valence-corrected chi connectivity index (χ4v) is 3.88. The van der Waals surface area contributed by atoms with Crippen molar-refractivity contribution in [2.24, 2.45) is 0 Å². The van der Waals surface area contributed by atoms with E-state index in [-0.39, 0.29) is 80.7 Å². The van der Waals surface area contributed by atoms with Crippen LogP contribution in [0.5, 0.6) is 11.5 Å². The second-order valence-electron chi connectivity index (χ2n) is 7.84. The standard InChI is InChI=1S/C20H22Br2N2O4.C2H3N.C2H4O2.2NO3.Tb.Zn/c1-23(9-13-5-17(21)7-15(11-25)19(13)27)3-4-24(2)10-14-6-18(22)8-16(12-26)20(14)28;1-2-3;1-2(3)4;2*2-1(3)4;;/h5-8,11-12,27-28H,3-4,9-10H2,1-2H3;1H3;1H3,(H,3,4);;;;/q;;;2*-1;+3;+2/p-3. The molecule has 0 N–H and O–H groups in total. The van der Waals surface area contributed by atoms with Gasteiger partial charge in [0.1, 0.15) is 12.6 Å². The number of rotatable bonds is 9. The van der Waals surface area contributed by atoms with E-state index in [1.807, 2.05) is 23.9 Å². The molecule has 21 heteroatoms. The van der Waals surface area contributed by atoms with Gasteiger partial charge in [0, 0.05) is 59.1 Å². The number of benzene rings is 2. The fourth-order valence-electron chi connectivity index (χ4n) is 2.84. The summed E-state index contributed by atoms with van der Waals surface area (Å²) in [6.07, 6.45) is 1.13. The van der Waals surface area contributed by atoms with Gasteiger partial charge in [-0.25, -0.2) is 0 Å². The van der Waals surface area contributed by atoms with Gasteiger partial charge in [-0.1, -0.05) is 43.4 Å². The first-order chi connectivity index (χ1) is 19.9. The molecule has 0 bridgehead atoms. The summed E-state index contributed by atoms with van der Waals surface area (Å²) in [6, 6.07) is 8.22. The molecule has 0 heterocycles. The number of likely N-dealkylation sites (N-methyl/N-ethyl adjacent to an activating group) is 2. The summed E-state index contributed by atoms with van der Waals surface area (Å²) in [4.78, 5) is 51.4. The molecule has 0 radical (unpaired) electrons. The van der Waals surface area contributed by atoms with Gasteiger partial charge in [0.2, 0.25) is 0 Å². The van der Waals surface area contributed by atoms with Crippen molar-refractivity contribution in [3.05, 3.63) is 86.1 Å². The SMILES string of the molecule is CC#N.CC(=O)[O-].CN(CCN(C)Cc1cc(Br)cc(C=O)c1[O-])Cc1cc(Br)cc(C=O)c1[O-].O=[N+]([O-])[O-].O=[N+]([O-])[O-].[Tb+3].[Zn+2]. The minimum atomic E-state index is -1.75. The van der Waals surface area contributed by atoms with E-state index in [1.54, 1.807) is 18.2 Å². The Kier molecular flexibility index (Phi) is 34.9. The number of aldehydes is 2. The predicted molar refractivity (Wildman–Crippen MR) is 153 cm³/mol. The number of carbonyl (C=O) groups is 3. The molecular formula is C24H26Br2N5O12TbZn. The maximum Gasteiger partial charge on any atom is 3.00 e. The van der Waals surface area contributed by atoms with Crippen molar-refractivity contribution < 1.29 is 98.0 Å². The third kappa shape index (κ3) is 30.0. The molecule has 45 heavy (non-hydrogen) atoms. The number of nitriles is 1. The van der Waals surface area contributed by atoms with Crippen LogP contribution in [0, 0.1) is 80.6 Å². The van der Waals surface area contributed by atoms with E-state index in [4.69, 9.17) is 45.8 Å². The Morgan fingerprint density at radius 2 is 1.07 bits per heavy atom. The summed E-state index contributed by atoms with van der Waals surface area (Å²) in [6.45, 7) is 4.53. The molecule has 2 aromatic carbocycles. The van der Waals surface area contributed by atoms with Crippen LogP contribution in [-0.2, 0) is 37.4 Å². The number of hydrogen-bond donors (Lipinski definition) is 0. The fraction of sp³-hybridized carbons (Fsp3) is 0.333. The quantitative estimate of drug-likeness (QED) is 0.148. The molecule has 0 aliphatic carbocycles. The van der Waals surface area contributed by atoms with Crippen LogP contribution < -0.4 is 15.3 Å². The van der Waals surface area contributed by atoms with Gasteiger partial charge in [0.05, 0.1) is 16.2 Å². The molecule has 0 unspecified atom stereocenters. The van der Waals surface area contributed by atoms with Crippen molar-refractivity contribution in [3.8, 4) is 17.6 Å². The van der Waals surface area contributed by atoms with Gasteiger partial charge < -0.3 is 60.6 Å². The molecule has 0 fully saturated rings. The van der Waals surface area contributed by atoms with Crippen LogP contribution in [-0.4, -0.2) is 65.7 Å². The number of halogens is 2.